The van der Waals surface area contributed by atoms with Crippen molar-refractivity contribution >= 4 is 31.9 Å². The Morgan fingerprint density at radius 2 is 1.67 bits per heavy atom. The minimum atomic E-state index is 0.276. The molecule has 0 unspecified atom stereocenters. The second-order valence-corrected chi connectivity index (χ2v) is 5.79. The highest BCUT2D eigenvalue weighted by molar-refractivity contribution is 9.11. The van der Waals surface area contributed by atoms with Crippen LogP contribution in [0, 0.1) is 0 Å². The maximum atomic E-state index is 8.67. The molecule has 0 aliphatic rings. The van der Waals surface area contributed by atoms with Gasteiger partial charge < -0.3 is 15.6 Å². The summed E-state index contributed by atoms with van der Waals surface area (Å²) < 4.78 is 7.60. The summed E-state index contributed by atoms with van der Waals surface area (Å²) in [4.78, 5) is 0. The van der Waals surface area contributed by atoms with Gasteiger partial charge >= 0.3 is 0 Å². The third kappa shape index (κ3) is 5.26. The minimum Gasteiger partial charge on any atom is -0.491 e. The summed E-state index contributed by atoms with van der Waals surface area (Å²) in [7, 11) is 0. The van der Waals surface area contributed by atoms with Gasteiger partial charge in [-0.15, -0.1) is 0 Å². The molecule has 3 nitrogen and oxygen atoms in total. The SMILES string of the molecule is NCc1cc(Br)c(OCCCCCCO)c(Br)c1. The summed E-state index contributed by atoms with van der Waals surface area (Å²) in [5.74, 6) is 0.828. The van der Waals surface area contributed by atoms with Gasteiger partial charge in [-0.1, -0.05) is 6.42 Å². The number of rotatable bonds is 8. The van der Waals surface area contributed by atoms with Gasteiger partial charge in [-0.05, 0) is 68.8 Å². The number of hydrogen-bond acceptors (Lipinski definition) is 3. The van der Waals surface area contributed by atoms with Gasteiger partial charge in [0.2, 0.25) is 0 Å². The highest BCUT2D eigenvalue weighted by atomic mass is 79.9. The quantitative estimate of drug-likeness (QED) is 0.677. The Hall–Kier alpha value is -0.100. The first-order valence-electron chi connectivity index (χ1n) is 6.10. The largest absolute Gasteiger partial charge is 0.491 e. The molecule has 0 fully saturated rings. The molecule has 1 aromatic rings. The summed E-state index contributed by atoms with van der Waals surface area (Å²) >= 11 is 6.98. The molecule has 18 heavy (non-hydrogen) atoms. The first-order valence-corrected chi connectivity index (χ1v) is 7.69. The molecule has 0 aliphatic carbocycles. The monoisotopic (exact) mass is 379 g/mol. The van der Waals surface area contributed by atoms with Crippen molar-refractivity contribution in [2.24, 2.45) is 5.73 Å². The van der Waals surface area contributed by atoms with Crippen molar-refractivity contribution < 1.29 is 9.84 Å². The van der Waals surface area contributed by atoms with E-state index in [-0.39, 0.29) is 6.61 Å². The van der Waals surface area contributed by atoms with Gasteiger partial charge in [0.1, 0.15) is 5.75 Å². The number of aliphatic hydroxyl groups excluding tert-OH is 1. The Morgan fingerprint density at radius 3 is 2.22 bits per heavy atom. The van der Waals surface area contributed by atoms with Crippen molar-refractivity contribution in [3.8, 4) is 5.75 Å². The number of unbranched alkanes of at least 4 members (excludes halogenated alkanes) is 3. The van der Waals surface area contributed by atoms with Crippen molar-refractivity contribution in [2.45, 2.75) is 32.2 Å². The van der Waals surface area contributed by atoms with E-state index in [0.717, 1.165) is 45.9 Å². The normalized spacial score (nSPS) is 10.7. The van der Waals surface area contributed by atoms with Crippen LogP contribution in [0.25, 0.3) is 0 Å². The van der Waals surface area contributed by atoms with Crippen LogP contribution in [0.3, 0.4) is 0 Å². The summed E-state index contributed by atoms with van der Waals surface area (Å²) in [6.45, 7) is 1.47. The van der Waals surface area contributed by atoms with Gasteiger partial charge in [0.15, 0.2) is 0 Å². The fourth-order valence-electron chi connectivity index (χ4n) is 1.61. The first kappa shape index (κ1) is 16.0. The van der Waals surface area contributed by atoms with Gasteiger partial charge in [-0.3, -0.25) is 0 Å². The van der Waals surface area contributed by atoms with Crippen LogP contribution in [0.15, 0.2) is 21.1 Å². The fraction of sp³-hybridized carbons (Fsp3) is 0.538. The van der Waals surface area contributed by atoms with E-state index in [4.69, 9.17) is 15.6 Å². The standard InChI is InChI=1S/C13H19Br2NO2/c14-11-7-10(9-16)8-12(15)13(11)18-6-4-2-1-3-5-17/h7-8,17H,1-6,9,16H2. The average Bonchev–Trinajstić information content (AvgIpc) is 2.35. The Morgan fingerprint density at radius 1 is 1.06 bits per heavy atom. The molecule has 0 atom stereocenters. The van der Waals surface area contributed by atoms with E-state index in [1.807, 2.05) is 12.1 Å². The van der Waals surface area contributed by atoms with E-state index in [0.29, 0.717) is 13.2 Å². The van der Waals surface area contributed by atoms with E-state index in [1.54, 1.807) is 0 Å². The predicted octanol–water partition coefficient (Wildman–Crippen LogP) is 3.60. The molecule has 0 radical (unpaired) electrons. The lowest BCUT2D eigenvalue weighted by molar-refractivity contribution is 0.272. The molecule has 0 saturated heterocycles. The fourth-order valence-corrected chi connectivity index (χ4v) is 3.12. The summed E-state index contributed by atoms with van der Waals surface area (Å²) in [6.07, 6.45) is 4.00. The summed E-state index contributed by atoms with van der Waals surface area (Å²) in [6, 6.07) is 3.96. The molecule has 3 N–H and O–H groups in total. The maximum absolute atomic E-state index is 8.67. The lowest BCUT2D eigenvalue weighted by Gasteiger charge is -2.11. The summed E-state index contributed by atoms with van der Waals surface area (Å²) in [5, 5.41) is 8.67. The molecular formula is C13H19Br2NO2. The van der Waals surface area contributed by atoms with Crippen LogP contribution in [0.1, 0.15) is 31.2 Å². The van der Waals surface area contributed by atoms with Crippen LogP contribution in [-0.2, 0) is 6.54 Å². The molecule has 0 heterocycles. The minimum absolute atomic E-state index is 0.276. The van der Waals surface area contributed by atoms with Crippen molar-refractivity contribution in [2.75, 3.05) is 13.2 Å². The first-order chi connectivity index (χ1) is 8.69. The number of benzene rings is 1. The van der Waals surface area contributed by atoms with E-state index in [2.05, 4.69) is 31.9 Å². The van der Waals surface area contributed by atoms with Crippen LogP contribution >= 0.6 is 31.9 Å². The van der Waals surface area contributed by atoms with Crippen LogP contribution in [-0.4, -0.2) is 18.3 Å². The second-order valence-electron chi connectivity index (χ2n) is 4.08. The Balaban J connectivity index is 2.42. The van der Waals surface area contributed by atoms with E-state index < -0.39 is 0 Å². The molecule has 0 spiro atoms. The number of aliphatic hydroxyl groups is 1. The zero-order valence-electron chi connectivity index (χ0n) is 10.3. The van der Waals surface area contributed by atoms with Crippen LogP contribution in [0.2, 0.25) is 0 Å². The molecule has 0 amide bonds. The number of halogens is 2. The number of nitrogens with two attached hydrogens (primary N) is 1. The average molecular weight is 381 g/mol. The Labute approximate surface area is 125 Å². The third-order valence-corrected chi connectivity index (χ3v) is 3.77. The Kier molecular flexibility index (Phi) is 7.90. The van der Waals surface area contributed by atoms with Crippen molar-refractivity contribution in [3.05, 3.63) is 26.6 Å². The topological polar surface area (TPSA) is 55.5 Å². The van der Waals surface area contributed by atoms with Gasteiger partial charge in [-0.25, -0.2) is 0 Å². The Bertz CT molecular complexity index is 349. The van der Waals surface area contributed by atoms with Crippen LogP contribution in [0.5, 0.6) is 5.75 Å². The lowest BCUT2D eigenvalue weighted by Crippen LogP contribution is -2.01. The lowest BCUT2D eigenvalue weighted by atomic mass is 10.2. The molecule has 0 bridgehead atoms. The van der Waals surface area contributed by atoms with Crippen LogP contribution < -0.4 is 10.5 Å². The molecule has 5 heteroatoms. The van der Waals surface area contributed by atoms with Crippen molar-refractivity contribution in [1.82, 2.24) is 0 Å². The summed E-state index contributed by atoms with van der Waals surface area (Å²) in [5.41, 5.74) is 6.66. The molecule has 0 aromatic heterocycles. The van der Waals surface area contributed by atoms with Crippen LogP contribution in [0.4, 0.5) is 0 Å². The van der Waals surface area contributed by atoms with Gasteiger partial charge in [0.25, 0.3) is 0 Å². The van der Waals surface area contributed by atoms with E-state index >= 15 is 0 Å². The highest BCUT2D eigenvalue weighted by Gasteiger charge is 2.08. The number of ether oxygens (including phenoxy) is 1. The number of hydrogen-bond donors (Lipinski definition) is 2. The van der Waals surface area contributed by atoms with E-state index in [1.165, 1.54) is 0 Å². The van der Waals surface area contributed by atoms with Crippen molar-refractivity contribution in [1.29, 1.82) is 0 Å². The predicted molar refractivity (Wildman–Crippen MR) is 80.8 cm³/mol. The zero-order valence-corrected chi connectivity index (χ0v) is 13.5. The molecule has 1 aromatic carbocycles. The van der Waals surface area contributed by atoms with Crippen molar-refractivity contribution in [3.63, 3.8) is 0 Å². The maximum Gasteiger partial charge on any atom is 0.147 e. The van der Waals surface area contributed by atoms with Gasteiger partial charge in [0.05, 0.1) is 15.6 Å². The molecule has 1 rings (SSSR count). The zero-order chi connectivity index (χ0) is 13.4. The molecule has 0 saturated carbocycles. The second kappa shape index (κ2) is 8.91. The van der Waals surface area contributed by atoms with E-state index in [9.17, 15) is 0 Å². The molecule has 102 valence electrons. The smallest absolute Gasteiger partial charge is 0.147 e. The third-order valence-electron chi connectivity index (χ3n) is 2.59. The molecule has 0 aliphatic heterocycles. The van der Waals surface area contributed by atoms with Gasteiger partial charge in [-0.2, -0.15) is 0 Å². The highest BCUT2D eigenvalue weighted by Crippen LogP contribution is 2.34. The molecular weight excluding hydrogens is 362 g/mol. The van der Waals surface area contributed by atoms with Gasteiger partial charge in [0, 0.05) is 13.2 Å².